The van der Waals surface area contributed by atoms with Crippen LogP contribution in [0.2, 0.25) is 0 Å². The fourth-order valence-electron chi connectivity index (χ4n) is 3.66. The Kier molecular flexibility index (Phi) is 3.88. The lowest BCUT2D eigenvalue weighted by Gasteiger charge is -2.37. The first kappa shape index (κ1) is 17.1. The van der Waals surface area contributed by atoms with E-state index in [0.717, 1.165) is 5.56 Å². The van der Waals surface area contributed by atoms with Gasteiger partial charge in [-0.1, -0.05) is 37.3 Å². The van der Waals surface area contributed by atoms with Gasteiger partial charge >= 0.3 is 6.09 Å². The highest BCUT2D eigenvalue weighted by molar-refractivity contribution is 5.67. The highest BCUT2D eigenvalue weighted by Crippen LogP contribution is 2.48. The van der Waals surface area contributed by atoms with Crippen LogP contribution in [0.25, 0.3) is 5.83 Å². The highest BCUT2D eigenvalue weighted by atomic mass is 19.1. The largest absolute Gasteiger partial charge is 0.465 e. The molecule has 0 spiro atoms. The van der Waals surface area contributed by atoms with Crippen molar-refractivity contribution in [1.29, 1.82) is 5.26 Å². The zero-order valence-electron chi connectivity index (χ0n) is 14.5. The summed E-state index contributed by atoms with van der Waals surface area (Å²) in [4.78, 5) is 16.8. The van der Waals surface area contributed by atoms with Gasteiger partial charge < -0.3 is 19.7 Å². The van der Waals surface area contributed by atoms with Crippen LogP contribution in [-0.2, 0) is 5.41 Å². The van der Waals surface area contributed by atoms with Crippen LogP contribution in [0.3, 0.4) is 0 Å². The molecular formula is C19H17FN4O3. The standard InChI is InChI=1S/C19H17FN4O3/c1-19(11-5-3-2-4-6-11)7-14(20)16-15(13(19)8-21)23-17(27-16)24-9-12(10-24)22-18(25)26/h2-7,12-13,22H,9-10H2,1H3,(H,25,26). The SMILES string of the molecule is CC1(c2ccccc2)C=C(F)c2oc(N3CC(NC(=O)O)C3)nc2C1C#N. The predicted octanol–water partition coefficient (Wildman–Crippen LogP) is 3.02. The Morgan fingerprint density at radius 3 is 2.78 bits per heavy atom. The van der Waals surface area contributed by atoms with Crippen LogP contribution < -0.4 is 10.2 Å². The predicted molar refractivity (Wildman–Crippen MR) is 94.9 cm³/mol. The zero-order valence-corrected chi connectivity index (χ0v) is 14.5. The van der Waals surface area contributed by atoms with Crippen molar-refractivity contribution in [3.8, 4) is 6.07 Å². The van der Waals surface area contributed by atoms with Crippen LogP contribution in [0.5, 0.6) is 0 Å². The molecule has 1 aromatic heterocycles. The summed E-state index contributed by atoms with van der Waals surface area (Å²) in [7, 11) is 0. The summed E-state index contributed by atoms with van der Waals surface area (Å²) in [5.74, 6) is -1.29. The summed E-state index contributed by atoms with van der Waals surface area (Å²) in [6.07, 6.45) is 0.321. The van der Waals surface area contributed by atoms with Gasteiger partial charge in [0.2, 0.25) is 0 Å². The fourth-order valence-corrected chi connectivity index (χ4v) is 3.66. The van der Waals surface area contributed by atoms with Crippen molar-refractivity contribution >= 4 is 17.9 Å². The molecule has 0 radical (unpaired) electrons. The molecule has 1 aromatic carbocycles. The molecule has 1 aliphatic heterocycles. The molecule has 2 aromatic rings. The number of nitrogens with one attached hydrogen (secondary N) is 1. The lowest BCUT2D eigenvalue weighted by molar-refractivity contribution is 0.186. The Bertz CT molecular complexity index is 959. The third-order valence-electron chi connectivity index (χ3n) is 5.16. The number of halogens is 1. The number of nitrogens with zero attached hydrogens (tertiary/aromatic N) is 3. The van der Waals surface area contributed by atoms with Crippen molar-refractivity contribution < 1.29 is 18.7 Å². The van der Waals surface area contributed by atoms with Crippen molar-refractivity contribution in [1.82, 2.24) is 10.3 Å². The molecule has 1 fully saturated rings. The molecule has 8 heteroatoms. The number of fused-ring (bicyclic) bond motifs is 1. The first-order valence-corrected chi connectivity index (χ1v) is 8.51. The molecule has 138 valence electrons. The van der Waals surface area contributed by atoms with Crippen LogP contribution in [0.15, 0.2) is 40.8 Å². The van der Waals surface area contributed by atoms with Gasteiger partial charge in [-0.05, 0) is 11.6 Å². The van der Waals surface area contributed by atoms with E-state index in [9.17, 15) is 14.4 Å². The topological polar surface area (TPSA) is 102 Å². The van der Waals surface area contributed by atoms with Gasteiger partial charge in [-0.2, -0.15) is 10.2 Å². The number of hydrogen-bond donors (Lipinski definition) is 2. The maximum absolute atomic E-state index is 14.8. The molecular weight excluding hydrogens is 351 g/mol. The molecule has 27 heavy (non-hydrogen) atoms. The van der Waals surface area contributed by atoms with E-state index in [2.05, 4.69) is 16.4 Å². The highest BCUT2D eigenvalue weighted by Gasteiger charge is 2.45. The minimum Gasteiger partial charge on any atom is -0.465 e. The number of anilines is 1. The Labute approximate surface area is 154 Å². The molecule has 2 unspecified atom stereocenters. The lowest BCUT2D eigenvalue weighted by Crippen LogP contribution is -2.59. The van der Waals surface area contributed by atoms with E-state index < -0.39 is 23.3 Å². The summed E-state index contributed by atoms with van der Waals surface area (Å²) < 4.78 is 20.4. The summed E-state index contributed by atoms with van der Waals surface area (Å²) in [5.41, 5.74) is 0.217. The van der Waals surface area contributed by atoms with Crippen molar-refractivity contribution in [2.75, 3.05) is 18.0 Å². The van der Waals surface area contributed by atoms with Crippen LogP contribution in [0, 0.1) is 11.3 Å². The Balaban J connectivity index is 1.66. The molecule has 2 aliphatic rings. The first-order valence-electron chi connectivity index (χ1n) is 8.51. The second-order valence-corrected chi connectivity index (χ2v) is 6.97. The number of allylic oxidation sites excluding steroid dienone is 1. The molecule has 0 bridgehead atoms. The molecule has 4 rings (SSSR count). The molecule has 2 N–H and O–H groups in total. The quantitative estimate of drug-likeness (QED) is 0.863. The second kappa shape index (κ2) is 6.13. The maximum atomic E-state index is 14.8. The van der Waals surface area contributed by atoms with Crippen molar-refractivity contribution in [3.63, 3.8) is 0 Å². The van der Waals surface area contributed by atoms with Gasteiger partial charge in [-0.3, -0.25) is 0 Å². The second-order valence-electron chi connectivity index (χ2n) is 6.97. The van der Waals surface area contributed by atoms with Crippen LogP contribution >= 0.6 is 0 Å². The Morgan fingerprint density at radius 2 is 2.15 bits per heavy atom. The van der Waals surface area contributed by atoms with E-state index in [4.69, 9.17) is 9.52 Å². The van der Waals surface area contributed by atoms with Gasteiger partial charge in [-0.25, -0.2) is 9.18 Å². The van der Waals surface area contributed by atoms with Crippen LogP contribution in [0.4, 0.5) is 15.2 Å². The Hall–Kier alpha value is -3.34. The van der Waals surface area contributed by atoms with E-state index in [0.29, 0.717) is 13.1 Å². The van der Waals surface area contributed by atoms with Gasteiger partial charge in [0.1, 0.15) is 11.6 Å². The maximum Gasteiger partial charge on any atom is 0.405 e. The van der Waals surface area contributed by atoms with Gasteiger partial charge in [-0.15, -0.1) is 0 Å². The monoisotopic (exact) mass is 368 g/mol. The van der Waals surface area contributed by atoms with E-state index in [1.165, 1.54) is 6.08 Å². The molecule has 2 atom stereocenters. The number of amides is 1. The molecule has 1 saturated heterocycles. The van der Waals surface area contributed by atoms with Crippen LogP contribution in [0.1, 0.15) is 29.9 Å². The van der Waals surface area contributed by atoms with E-state index in [1.807, 2.05) is 37.3 Å². The summed E-state index contributed by atoms with van der Waals surface area (Å²) >= 11 is 0. The number of hydrogen-bond acceptors (Lipinski definition) is 5. The van der Waals surface area contributed by atoms with E-state index in [1.54, 1.807) is 4.90 Å². The average molecular weight is 368 g/mol. The first-order chi connectivity index (χ1) is 12.9. The Morgan fingerprint density at radius 1 is 1.44 bits per heavy atom. The van der Waals surface area contributed by atoms with E-state index in [-0.39, 0.29) is 23.5 Å². The lowest BCUT2D eigenvalue weighted by atomic mass is 9.68. The normalized spacial score (nSPS) is 24.4. The summed E-state index contributed by atoms with van der Waals surface area (Å²) in [6, 6.07) is 11.5. The van der Waals surface area contributed by atoms with Gasteiger partial charge in [0.15, 0.2) is 11.6 Å². The average Bonchev–Trinajstić information content (AvgIpc) is 3.03. The summed E-state index contributed by atoms with van der Waals surface area (Å²) in [6.45, 7) is 2.57. The molecule has 1 amide bonds. The number of carbonyl (C=O) groups is 1. The number of benzene rings is 1. The molecule has 2 heterocycles. The van der Waals surface area contributed by atoms with Crippen molar-refractivity contribution in [3.05, 3.63) is 53.4 Å². The fraction of sp³-hybridized carbons (Fsp3) is 0.316. The molecule has 1 aliphatic carbocycles. The van der Waals surface area contributed by atoms with Gasteiger partial charge in [0, 0.05) is 18.5 Å². The van der Waals surface area contributed by atoms with Crippen LogP contribution in [-0.4, -0.2) is 35.3 Å². The number of carboxylic acid groups (broad SMARTS) is 1. The zero-order chi connectivity index (χ0) is 19.2. The minimum atomic E-state index is -1.09. The van der Waals surface area contributed by atoms with Crippen molar-refractivity contribution in [2.24, 2.45) is 0 Å². The number of nitriles is 1. The smallest absolute Gasteiger partial charge is 0.405 e. The third kappa shape index (κ3) is 2.72. The summed E-state index contributed by atoms with van der Waals surface area (Å²) in [5, 5.41) is 20.9. The number of oxazole rings is 1. The molecule has 7 nitrogen and oxygen atoms in total. The number of aromatic nitrogens is 1. The van der Waals surface area contributed by atoms with Gasteiger partial charge in [0.05, 0.1) is 12.1 Å². The number of rotatable bonds is 3. The molecule has 0 saturated carbocycles. The third-order valence-corrected chi connectivity index (χ3v) is 5.16. The van der Waals surface area contributed by atoms with Crippen molar-refractivity contribution in [2.45, 2.75) is 24.3 Å². The van der Waals surface area contributed by atoms with E-state index >= 15 is 0 Å². The van der Waals surface area contributed by atoms with Gasteiger partial charge in [0.25, 0.3) is 6.01 Å². The minimum absolute atomic E-state index is 0.0281.